The number of pyridine rings is 1. The van der Waals surface area contributed by atoms with Gasteiger partial charge in [-0.3, -0.25) is 4.98 Å². The quantitative estimate of drug-likeness (QED) is 0.769. The van der Waals surface area contributed by atoms with Gasteiger partial charge >= 0.3 is 0 Å². The average Bonchev–Trinajstić information content (AvgIpc) is 2.29. The lowest BCUT2D eigenvalue weighted by atomic mass is 10.2. The Morgan fingerprint density at radius 3 is 3.00 bits per heavy atom. The number of hydrogen-bond acceptors (Lipinski definition) is 3. The van der Waals surface area contributed by atoms with Crippen LogP contribution in [0.4, 0.5) is 0 Å². The van der Waals surface area contributed by atoms with Crippen molar-refractivity contribution in [1.82, 2.24) is 10.3 Å². The maximum absolute atomic E-state index is 4.11. The van der Waals surface area contributed by atoms with E-state index in [0.29, 0.717) is 6.04 Å². The first-order valence-electron chi connectivity index (χ1n) is 5.48. The van der Waals surface area contributed by atoms with Gasteiger partial charge in [0.1, 0.15) is 0 Å². The van der Waals surface area contributed by atoms with Crippen molar-refractivity contribution < 1.29 is 0 Å². The summed E-state index contributed by atoms with van der Waals surface area (Å²) in [4.78, 5) is 4.11. The molecule has 2 nitrogen and oxygen atoms in total. The summed E-state index contributed by atoms with van der Waals surface area (Å²) in [5.74, 6) is 1.20. The van der Waals surface area contributed by atoms with Crippen molar-refractivity contribution in [3.8, 4) is 0 Å². The Morgan fingerprint density at radius 2 is 2.40 bits per heavy atom. The normalized spacial score (nSPS) is 12.7. The zero-order valence-electron chi connectivity index (χ0n) is 9.57. The van der Waals surface area contributed by atoms with E-state index in [4.69, 9.17) is 0 Å². The summed E-state index contributed by atoms with van der Waals surface area (Å²) < 4.78 is 0. The van der Waals surface area contributed by atoms with Crippen LogP contribution in [0, 0.1) is 0 Å². The van der Waals surface area contributed by atoms with Crippen LogP contribution in [0.3, 0.4) is 0 Å². The van der Waals surface area contributed by atoms with Crippen LogP contribution in [0.5, 0.6) is 0 Å². The van der Waals surface area contributed by atoms with Gasteiger partial charge in [-0.1, -0.05) is 13.0 Å². The second-order valence-electron chi connectivity index (χ2n) is 3.63. The Morgan fingerprint density at radius 1 is 1.53 bits per heavy atom. The summed E-state index contributed by atoms with van der Waals surface area (Å²) in [5.41, 5.74) is 1.31. The zero-order valence-corrected chi connectivity index (χ0v) is 10.4. The first-order chi connectivity index (χ1) is 7.36. The Balaban J connectivity index is 2.20. The van der Waals surface area contributed by atoms with Crippen LogP contribution < -0.4 is 5.32 Å². The minimum Gasteiger partial charge on any atom is -0.313 e. The van der Waals surface area contributed by atoms with E-state index in [2.05, 4.69) is 29.5 Å². The van der Waals surface area contributed by atoms with Crippen LogP contribution in [-0.2, 0) is 6.42 Å². The highest BCUT2D eigenvalue weighted by atomic mass is 32.2. The molecule has 0 aromatic carbocycles. The van der Waals surface area contributed by atoms with Crippen LogP contribution in [-0.4, -0.2) is 29.6 Å². The molecule has 1 rings (SSSR count). The Bertz CT molecular complexity index is 251. The molecule has 0 saturated heterocycles. The molecule has 0 bridgehead atoms. The first-order valence-corrected chi connectivity index (χ1v) is 6.87. The third kappa shape index (κ3) is 5.19. The van der Waals surface area contributed by atoms with E-state index in [1.165, 1.54) is 17.7 Å². The molecular weight excluding hydrogens is 204 g/mol. The smallest absolute Gasteiger partial charge is 0.0300 e. The molecule has 15 heavy (non-hydrogen) atoms. The molecule has 0 fully saturated rings. The van der Waals surface area contributed by atoms with Gasteiger partial charge < -0.3 is 5.32 Å². The highest BCUT2D eigenvalue weighted by Crippen LogP contribution is 2.01. The molecular formula is C12H20N2S. The number of aromatic nitrogens is 1. The van der Waals surface area contributed by atoms with E-state index in [1.807, 2.05) is 30.2 Å². The lowest BCUT2D eigenvalue weighted by Crippen LogP contribution is -2.32. The van der Waals surface area contributed by atoms with Crippen LogP contribution >= 0.6 is 11.8 Å². The van der Waals surface area contributed by atoms with Gasteiger partial charge in [0, 0.05) is 24.2 Å². The first kappa shape index (κ1) is 12.5. The number of rotatable bonds is 7. The standard InChI is InChI=1S/C12H20N2S/c1-3-12(10-15-2)14-8-6-11-5-4-7-13-9-11/h4-5,7,9,12,14H,3,6,8,10H2,1-2H3. The van der Waals surface area contributed by atoms with Crippen LogP contribution in [0.25, 0.3) is 0 Å². The predicted molar refractivity (Wildman–Crippen MR) is 68.4 cm³/mol. The average molecular weight is 224 g/mol. The summed E-state index contributed by atoms with van der Waals surface area (Å²) in [5, 5.41) is 3.57. The number of hydrogen-bond donors (Lipinski definition) is 1. The van der Waals surface area contributed by atoms with Gasteiger partial charge in [0.2, 0.25) is 0 Å². The lowest BCUT2D eigenvalue weighted by molar-refractivity contribution is 0.544. The molecule has 1 atom stereocenters. The van der Waals surface area contributed by atoms with E-state index < -0.39 is 0 Å². The van der Waals surface area contributed by atoms with Crippen molar-refractivity contribution in [2.24, 2.45) is 0 Å². The molecule has 0 aliphatic heterocycles. The summed E-state index contributed by atoms with van der Waals surface area (Å²) >= 11 is 1.91. The van der Waals surface area contributed by atoms with Gasteiger partial charge in [-0.05, 0) is 37.3 Å². The van der Waals surface area contributed by atoms with Gasteiger partial charge in [-0.25, -0.2) is 0 Å². The molecule has 0 aliphatic rings. The summed E-state index contributed by atoms with van der Waals surface area (Å²) in [7, 11) is 0. The fourth-order valence-electron chi connectivity index (χ4n) is 1.49. The molecule has 0 amide bonds. The molecule has 1 heterocycles. The number of nitrogens with zero attached hydrogens (tertiary/aromatic N) is 1. The molecule has 1 N–H and O–H groups in total. The minimum absolute atomic E-state index is 0.650. The molecule has 0 saturated carbocycles. The maximum Gasteiger partial charge on any atom is 0.0300 e. The fraction of sp³-hybridized carbons (Fsp3) is 0.583. The monoisotopic (exact) mass is 224 g/mol. The topological polar surface area (TPSA) is 24.9 Å². The fourth-order valence-corrected chi connectivity index (χ4v) is 2.24. The number of nitrogens with one attached hydrogen (secondary N) is 1. The largest absolute Gasteiger partial charge is 0.313 e. The Kier molecular flexibility index (Phi) is 6.44. The second kappa shape index (κ2) is 7.71. The Hall–Kier alpha value is -0.540. The summed E-state index contributed by atoms with van der Waals surface area (Å²) in [6.07, 6.45) is 8.19. The molecule has 1 aromatic heterocycles. The van der Waals surface area contributed by atoms with Crippen LogP contribution in [0.1, 0.15) is 18.9 Å². The highest BCUT2D eigenvalue weighted by molar-refractivity contribution is 7.98. The second-order valence-corrected chi connectivity index (χ2v) is 4.54. The third-order valence-corrected chi connectivity index (χ3v) is 3.17. The van der Waals surface area contributed by atoms with Crippen molar-refractivity contribution in [3.05, 3.63) is 30.1 Å². The van der Waals surface area contributed by atoms with Crippen molar-refractivity contribution in [1.29, 1.82) is 0 Å². The maximum atomic E-state index is 4.11. The lowest BCUT2D eigenvalue weighted by Gasteiger charge is -2.15. The zero-order chi connectivity index (χ0) is 10.9. The van der Waals surface area contributed by atoms with Crippen LogP contribution in [0.15, 0.2) is 24.5 Å². The van der Waals surface area contributed by atoms with Gasteiger partial charge in [-0.2, -0.15) is 11.8 Å². The van der Waals surface area contributed by atoms with Crippen LogP contribution in [0.2, 0.25) is 0 Å². The van der Waals surface area contributed by atoms with Crippen molar-refractivity contribution in [3.63, 3.8) is 0 Å². The van der Waals surface area contributed by atoms with Gasteiger partial charge in [-0.15, -0.1) is 0 Å². The highest BCUT2D eigenvalue weighted by Gasteiger charge is 2.03. The predicted octanol–water partition coefficient (Wildman–Crippen LogP) is 2.36. The molecule has 84 valence electrons. The van der Waals surface area contributed by atoms with E-state index in [0.717, 1.165) is 13.0 Å². The van der Waals surface area contributed by atoms with E-state index >= 15 is 0 Å². The summed E-state index contributed by atoms with van der Waals surface area (Å²) in [6.45, 7) is 3.28. The molecule has 3 heteroatoms. The van der Waals surface area contributed by atoms with Crippen molar-refractivity contribution in [2.45, 2.75) is 25.8 Å². The van der Waals surface area contributed by atoms with E-state index in [1.54, 1.807) is 0 Å². The molecule has 1 aromatic rings. The molecule has 1 unspecified atom stereocenters. The third-order valence-electron chi connectivity index (χ3n) is 2.43. The molecule has 0 radical (unpaired) electrons. The Labute approximate surface area is 96.9 Å². The van der Waals surface area contributed by atoms with Crippen molar-refractivity contribution in [2.75, 3.05) is 18.6 Å². The SMILES string of the molecule is CCC(CSC)NCCc1cccnc1. The van der Waals surface area contributed by atoms with Gasteiger partial charge in [0.25, 0.3) is 0 Å². The van der Waals surface area contributed by atoms with Gasteiger partial charge in [0.15, 0.2) is 0 Å². The molecule has 0 spiro atoms. The van der Waals surface area contributed by atoms with E-state index in [9.17, 15) is 0 Å². The van der Waals surface area contributed by atoms with E-state index in [-0.39, 0.29) is 0 Å². The van der Waals surface area contributed by atoms with Crippen molar-refractivity contribution >= 4 is 11.8 Å². The van der Waals surface area contributed by atoms with Gasteiger partial charge in [0.05, 0.1) is 0 Å². The minimum atomic E-state index is 0.650. The summed E-state index contributed by atoms with van der Waals surface area (Å²) in [6, 6.07) is 4.77. The number of thioether (sulfide) groups is 1. The molecule has 0 aliphatic carbocycles.